The third-order valence-corrected chi connectivity index (χ3v) is 12.2. The van der Waals surface area contributed by atoms with Gasteiger partial charge in [-0.1, -0.05) is 50.6 Å². The van der Waals surface area contributed by atoms with Crippen LogP contribution in [0.15, 0.2) is 79.9 Å². The maximum Gasteiger partial charge on any atom is 0.251 e. The number of anilines is 2. The molecule has 3 aliphatic heterocycles. The molecule has 9 heteroatoms. The van der Waals surface area contributed by atoms with E-state index in [1.54, 1.807) is 57.9 Å². The fourth-order valence-corrected chi connectivity index (χ4v) is 10.1. The Bertz CT molecular complexity index is 1430. The number of aliphatic hydroxyl groups is 1. The molecule has 0 aromatic heterocycles. The monoisotopic (exact) mass is 631 g/mol. The molecule has 0 aliphatic carbocycles. The number of likely N-dealkylation sites (tertiary alicyclic amines) is 1. The molecule has 0 saturated carbocycles. The van der Waals surface area contributed by atoms with Crippen molar-refractivity contribution in [3.8, 4) is 5.75 Å². The number of carbonyl (C=O) groups excluding carboxylic acids is 3. The molecule has 45 heavy (non-hydrogen) atoms. The zero-order chi connectivity index (χ0) is 32.5. The number of nitrogens with zero attached hydrogens (tertiary/aromatic N) is 3. The first kappa shape index (κ1) is 32.8. The summed E-state index contributed by atoms with van der Waals surface area (Å²) < 4.78 is 3.98. The molecule has 1 spiro atoms. The lowest BCUT2D eigenvalue weighted by molar-refractivity contribution is -0.143. The van der Waals surface area contributed by atoms with Gasteiger partial charge in [-0.15, -0.1) is 24.9 Å². The standard InChI is InChI=1S/C36H45N3O5S/c1-7-21-37(25-13-11-10-12-14-25)32(41)29-30-33(42)39(28(23-40)24(4)9-3)31(36(30)20-19-35(29,5)45-36)34(43)38(22-8-2)26-15-17-27(44-6)18-16-26/h7-8,10-18,24,28-31,40H,1-2,9,19-23H2,3-6H3/t24-,28-,29-,30-,31?,35+,36?/m0/s1. The van der Waals surface area contributed by atoms with Crippen LogP contribution in [0.2, 0.25) is 0 Å². The average molecular weight is 632 g/mol. The predicted octanol–water partition coefficient (Wildman–Crippen LogP) is 5.32. The molecule has 240 valence electrons. The van der Waals surface area contributed by atoms with Crippen LogP contribution in [0, 0.1) is 17.8 Å². The molecule has 3 saturated heterocycles. The number of hydrogen-bond acceptors (Lipinski definition) is 6. The summed E-state index contributed by atoms with van der Waals surface area (Å²) in [5.41, 5.74) is 1.40. The van der Waals surface area contributed by atoms with Crippen LogP contribution in [-0.4, -0.2) is 76.1 Å². The van der Waals surface area contributed by atoms with Gasteiger partial charge in [-0.3, -0.25) is 14.4 Å². The minimum atomic E-state index is -0.864. The smallest absolute Gasteiger partial charge is 0.251 e. The van der Waals surface area contributed by atoms with Gasteiger partial charge >= 0.3 is 0 Å². The number of thioether (sulfide) groups is 1. The lowest BCUT2D eigenvalue weighted by atomic mass is 9.66. The van der Waals surface area contributed by atoms with Gasteiger partial charge in [0, 0.05) is 29.2 Å². The second-order valence-electron chi connectivity index (χ2n) is 12.6. The summed E-state index contributed by atoms with van der Waals surface area (Å²) in [7, 11) is 1.59. The SMILES string of the molecule is C=CCN(C(=O)C1N([C@@H](CO)[C@@H](C)CC)C(=O)[C@@H]2[C@@H](C(=O)N(CC=C)c3ccccc3)[C@@]3(C)CCC12S3)c1ccc(OC)cc1. The van der Waals surface area contributed by atoms with Crippen molar-refractivity contribution in [1.82, 2.24) is 4.90 Å². The summed E-state index contributed by atoms with van der Waals surface area (Å²) in [6, 6.07) is 15.3. The number of aliphatic hydroxyl groups excluding tert-OH is 1. The van der Waals surface area contributed by atoms with Crippen LogP contribution >= 0.6 is 11.8 Å². The van der Waals surface area contributed by atoms with Gasteiger partial charge in [0.2, 0.25) is 11.8 Å². The van der Waals surface area contributed by atoms with Gasteiger partial charge in [0.05, 0.1) is 36.3 Å². The number of ether oxygens (including phenoxy) is 1. The van der Waals surface area contributed by atoms with Crippen LogP contribution in [-0.2, 0) is 14.4 Å². The van der Waals surface area contributed by atoms with E-state index in [4.69, 9.17) is 4.74 Å². The topological polar surface area (TPSA) is 90.4 Å². The number of carbonyl (C=O) groups is 3. The summed E-state index contributed by atoms with van der Waals surface area (Å²) in [5.74, 6) is -1.33. The number of hydrogen-bond donors (Lipinski definition) is 1. The van der Waals surface area contributed by atoms with Crippen LogP contribution in [0.3, 0.4) is 0 Å². The van der Waals surface area contributed by atoms with E-state index < -0.39 is 33.4 Å². The Kier molecular flexibility index (Phi) is 9.52. The van der Waals surface area contributed by atoms with Gasteiger partial charge in [-0.25, -0.2) is 0 Å². The van der Waals surface area contributed by atoms with Crippen molar-refractivity contribution in [2.75, 3.05) is 36.6 Å². The summed E-state index contributed by atoms with van der Waals surface area (Å²) in [5, 5.41) is 10.7. The molecule has 3 heterocycles. The average Bonchev–Trinajstić information content (AvgIpc) is 3.63. The van der Waals surface area contributed by atoms with Crippen molar-refractivity contribution < 1.29 is 24.2 Å². The van der Waals surface area contributed by atoms with Crippen LogP contribution in [0.4, 0.5) is 11.4 Å². The predicted molar refractivity (Wildman–Crippen MR) is 180 cm³/mol. The lowest BCUT2D eigenvalue weighted by Gasteiger charge is -2.41. The Hall–Kier alpha value is -3.56. The zero-order valence-electron chi connectivity index (χ0n) is 26.7. The van der Waals surface area contributed by atoms with E-state index in [2.05, 4.69) is 20.1 Å². The molecule has 3 amide bonds. The van der Waals surface area contributed by atoms with Crippen LogP contribution in [0.1, 0.15) is 40.0 Å². The minimum Gasteiger partial charge on any atom is -0.497 e. The fraction of sp³-hybridized carbons (Fsp3) is 0.472. The first-order chi connectivity index (χ1) is 21.6. The molecule has 3 aliphatic rings. The first-order valence-electron chi connectivity index (χ1n) is 15.8. The van der Waals surface area contributed by atoms with Gasteiger partial charge in [0.25, 0.3) is 5.91 Å². The van der Waals surface area contributed by atoms with Crippen LogP contribution in [0.25, 0.3) is 0 Å². The molecule has 2 bridgehead atoms. The molecule has 8 nitrogen and oxygen atoms in total. The van der Waals surface area contributed by atoms with Gasteiger partial charge in [0.15, 0.2) is 0 Å². The molecule has 2 aromatic rings. The molecule has 7 atom stereocenters. The van der Waals surface area contributed by atoms with Crippen molar-refractivity contribution in [3.05, 3.63) is 79.9 Å². The third-order valence-electron chi connectivity index (χ3n) is 10.2. The van der Waals surface area contributed by atoms with Crippen LogP contribution < -0.4 is 14.5 Å². The normalized spacial score (nSPS) is 27.9. The van der Waals surface area contributed by atoms with E-state index in [1.165, 1.54) is 0 Å². The Balaban J connectivity index is 1.64. The van der Waals surface area contributed by atoms with Gasteiger partial charge in [-0.2, -0.15) is 0 Å². The maximum atomic E-state index is 15.0. The van der Waals surface area contributed by atoms with Crippen molar-refractivity contribution >= 4 is 40.9 Å². The largest absolute Gasteiger partial charge is 0.497 e. The summed E-state index contributed by atoms with van der Waals surface area (Å²) in [6.45, 7) is 14.2. The lowest BCUT2D eigenvalue weighted by Crippen LogP contribution is -2.58. The maximum absolute atomic E-state index is 15.0. The van der Waals surface area contributed by atoms with Gasteiger partial charge in [0.1, 0.15) is 11.8 Å². The number of methoxy groups -OCH3 is 1. The highest BCUT2D eigenvalue weighted by atomic mass is 32.2. The number of para-hydroxylation sites is 1. The first-order valence-corrected chi connectivity index (χ1v) is 16.6. The Labute approximate surface area is 271 Å². The van der Waals surface area contributed by atoms with E-state index in [9.17, 15) is 19.5 Å². The van der Waals surface area contributed by atoms with Gasteiger partial charge in [-0.05, 0) is 62.1 Å². The van der Waals surface area contributed by atoms with E-state index in [-0.39, 0.29) is 36.8 Å². The van der Waals surface area contributed by atoms with Crippen molar-refractivity contribution in [3.63, 3.8) is 0 Å². The number of benzene rings is 2. The molecule has 3 fully saturated rings. The summed E-state index contributed by atoms with van der Waals surface area (Å²) >= 11 is 1.64. The molecule has 2 aromatic carbocycles. The van der Waals surface area contributed by atoms with E-state index in [0.717, 1.165) is 12.1 Å². The Morgan fingerprint density at radius 3 is 2.20 bits per heavy atom. The molecule has 0 radical (unpaired) electrons. The molecule has 2 unspecified atom stereocenters. The Morgan fingerprint density at radius 2 is 1.64 bits per heavy atom. The van der Waals surface area contributed by atoms with Crippen molar-refractivity contribution in [2.45, 2.75) is 61.6 Å². The van der Waals surface area contributed by atoms with Gasteiger partial charge < -0.3 is 24.5 Å². The summed E-state index contributed by atoms with van der Waals surface area (Å²) in [6.07, 6.45) is 5.42. The highest BCUT2D eigenvalue weighted by Crippen LogP contribution is 2.72. The number of fused-ring (bicyclic) bond motifs is 1. The highest BCUT2D eigenvalue weighted by molar-refractivity contribution is 8.02. The second-order valence-corrected chi connectivity index (χ2v) is 14.5. The Morgan fingerprint density at radius 1 is 1.04 bits per heavy atom. The number of amides is 3. The minimum absolute atomic E-state index is 0.0631. The zero-order valence-corrected chi connectivity index (χ0v) is 27.5. The third kappa shape index (κ3) is 5.37. The quantitative estimate of drug-likeness (QED) is 0.301. The van der Waals surface area contributed by atoms with Crippen molar-refractivity contribution in [1.29, 1.82) is 0 Å². The van der Waals surface area contributed by atoms with Crippen molar-refractivity contribution in [2.24, 2.45) is 17.8 Å². The molecule has 5 rings (SSSR count). The molecule has 1 N–H and O–H groups in total. The van der Waals surface area contributed by atoms with E-state index >= 15 is 0 Å². The summed E-state index contributed by atoms with van der Waals surface area (Å²) in [4.78, 5) is 49.6. The highest BCUT2D eigenvalue weighted by Gasteiger charge is 2.78. The number of rotatable bonds is 13. The fourth-order valence-electron chi connectivity index (χ4n) is 7.78. The van der Waals surface area contributed by atoms with E-state index in [1.807, 2.05) is 56.3 Å². The molecular weight excluding hydrogens is 586 g/mol. The molecular formula is C36H45N3O5S. The second kappa shape index (κ2) is 13.0. The van der Waals surface area contributed by atoms with E-state index in [0.29, 0.717) is 30.8 Å². The van der Waals surface area contributed by atoms with Crippen LogP contribution in [0.5, 0.6) is 5.75 Å².